The van der Waals surface area contributed by atoms with Crippen LogP contribution in [-0.4, -0.2) is 34.2 Å². The maximum absolute atomic E-state index is 12.8. The molecule has 4 rings (SSSR count). The van der Waals surface area contributed by atoms with E-state index < -0.39 is 17.8 Å². The molecule has 154 valence electrons. The fourth-order valence-electron chi connectivity index (χ4n) is 4.50. The van der Waals surface area contributed by atoms with E-state index in [1.807, 2.05) is 6.92 Å². The lowest BCUT2D eigenvalue weighted by Gasteiger charge is -2.23. The Kier molecular flexibility index (Phi) is 5.44. The van der Waals surface area contributed by atoms with E-state index >= 15 is 0 Å². The zero-order chi connectivity index (χ0) is 20.7. The summed E-state index contributed by atoms with van der Waals surface area (Å²) in [7, 11) is 0. The first kappa shape index (κ1) is 20.0. The lowest BCUT2D eigenvalue weighted by molar-refractivity contribution is -0.147. The van der Waals surface area contributed by atoms with E-state index in [9.17, 15) is 14.7 Å². The van der Waals surface area contributed by atoms with Gasteiger partial charge in [-0.25, -0.2) is 4.98 Å². The first-order valence-corrected chi connectivity index (χ1v) is 10.9. The Morgan fingerprint density at radius 3 is 2.48 bits per heavy atom. The van der Waals surface area contributed by atoms with Crippen molar-refractivity contribution in [1.82, 2.24) is 4.98 Å². The van der Waals surface area contributed by atoms with Crippen molar-refractivity contribution in [1.29, 1.82) is 0 Å². The lowest BCUT2D eigenvalue weighted by Crippen LogP contribution is -2.40. The van der Waals surface area contributed by atoms with Gasteiger partial charge in [-0.3, -0.25) is 9.59 Å². The van der Waals surface area contributed by atoms with E-state index in [1.54, 1.807) is 0 Å². The van der Waals surface area contributed by atoms with Crippen LogP contribution in [-0.2, 0) is 20.7 Å². The molecule has 4 atom stereocenters. The highest BCUT2D eigenvalue weighted by Gasteiger charge is 2.55. The summed E-state index contributed by atoms with van der Waals surface area (Å²) < 4.78 is 5.70. The van der Waals surface area contributed by atoms with Gasteiger partial charge in [0, 0.05) is 10.4 Å². The smallest absolute Gasteiger partial charge is 0.310 e. The second-order valence-corrected chi connectivity index (χ2v) is 9.59. The zero-order valence-electron chi connectivity index (χ0n) is 16.8. The minimum absolute atomic E-state index is 0.308. The molecule has 1 aromatic carbocycles. The van der Waals surface area contributed by atoms with Crippen molar-refractivity contribution in [2.24, 2.45) is 17.8 Å². The van der Waals surface area contributed by atoms with Crippen LogP contribution in [0.15, 0.2) is 24.3 Å². The number of aryl methyl sites for hydroxylation is 1. The average molecular weight is 415 g/mol. The third-order valence-corrected chi connectivity index (χ3v) is 6.65. The number of hydrogen-bond donors (Lipinski definition) is 2. The van der Waals surface area contributed by atoms with Gasteiger partial charge < -0.3 is 15.2 Å². The van der Waals surface area contributed by atoms with Gasteiger partial charge in [0.2, 0.25) is 5.91 Å². The monoisotopic (exact) mass is 414 g/mol. The Bertz CT molecular complexity index is 921. The van der Waals surface area contributed by atoms with E-state index in [0.717, 1.165) is 29.0 Å². The topological polar surface area (TPSA) is 88.5 Å². The molecule has 2 N–H and O–H groups in total. The summed E-state index contributed by atoms with van der Waals surface area (Å²) in [4.78, 5) is 30.1. The molecule has 2 saturated heterocycles. The summed E-state index contributed by atoms with van der Waals surface area (Å²) in [5.41, 5.74) is 3.15. The molecule has 2 aromatic rings. The molecule has 6 nitrogen and oxygen atoms in total. The van der Waals surface area contributed by atoms with Gasteiger partial charge >= 0.3 is 5.97 Å². The number of carboxylic acids is 1. The molecule has 2 aliphatic rings. The maximum atomic E-state index is 12.8. The van der Waals surface area contributed by atoms with Crippen molar-refractivity contribution < 1.29 is 19.4 Å². The highest BCUT2D eigenvalue weighted by Crippen LogP contribution is 2.44. The fourth-order valence-corrected chi connectivity index (χ4v) is 5.34. The highest BCUT2D eigenvalue weighted by molar-refractivity contribution is 7.16. The molecule has 29 heavy (non-hydrogen) atoms. The molecule has 2 fully saturated rings. The summed E-state index contributed by atoms with van der Waals surface area (Å²) in [6.45, 7) is 6.37. The number of anilines is 1. The zero-order valence-corrected chi connectivity index (χ0v) is 17.7. The number of thiazole rings is 1. The molecule has 0 saturated carbocycles. The van der Waals surface area contributed by atoms with Gasteiger partial charge in [-0.1, -0.05) is 38.1 Å². The number of carbonyl (C=O) groups excluding carboxylic acids is 1. The van der Waals surface area contributed by atoms with Crippen molar-refractivity contribution >= 4 is 28.3 Å². The van der Waals surface area contributed by atoms with Gasteiger partial charge in [0.15, 0.2) is 5.13 Å². The molecule has 1 amide bonds. The number of carboxylic acid groups (broad SMARTS) is 1. The van der Waals surface area contributed by atoms with Crippen LogP contribution in [0.1, 0.15) is 37.1 Å². The van der Waals surface area contributed by atoms with Crippen molar-refractivity contribution in [3.63, 3.8) is 0 Å². The van der Waals surface area contributed by atoms with Crippen LogP contribution in [0.4, 0.5) is 5.13 Å². The van der Waals surface area contributed by atoms with E-state index in [2.05, 4.69) is 48.4 Å². The Balaban J connectivity index is 1.49. The SMILES string of the molecule is Cc1sc(NC(=O)[C@H]2[C@@H](C(=O)O)[C@H]3CC[C@@H]2O3)nc1-c1ccc(CC(C)C)cc1. The van der Waals surface area contributed by atoms with Crippen LogP contribution in [0.25, 0.3) is 11.3 Å². The Morgan fingerprint density at radius 1 is 1.21 bits per heavy atom. The van der Waals surface area contributed by atoms with Gasteiger partial charge in [0.25, 0.3) is 0 Å². The molecule has 0 radical (unpaired) electrons. The first-order valence-electron chi connectivity index (χ1n) is 10.1. The molecular weight excluding hydrogens is 388 g/mol. The molecule has 0 aliphatic carbocycles. The number of aliphatic carboxylic acids is 1. The fraction of sp³-hybridized carbons (Fsp3) is 0.500. The number of carbonyl (C=O) groups is 2. The number of nitrogens with one attached hydrogen (secondary N) is 1. The van der Waals surface area contributed by atoms with Crippen LogP contribution in [0.5, 0.6) is 0 Å². The van der Waals surface area contributed by atoms with E-state index in [0.29, 0.717) is 17.5 Å². The molecule has 2 bridgehead atoms. The summed E-state index contributed by atoms with van der Waals surface area (Å²) in [6.07, 6.45) is 1.81. The van der Waals surface area contributed by atoms with Crippen molar-refractivity contribution in [3.8, 4) is 11.3 Å². The number of amides is 1. The minimum Gasteiger partial charge on any atom is -0.481 e. The number of nitrogens with zero attached hydrogens (tertiary/aromatic N) is 1. The Labute approximate surface area is 174 Å². The van der Waals surface area contributed by atoms with Gasteiger partial charge in [-0.2, -0.15) is 0 Å². The number of ether oxygens (including phenoxy) is 1. The third kappa shape index (κ3) is 3.94. The lowest BCUT2D eigenvalue weighted by atomic mass is 9.79. The van der Waals surface area contributed by atoms with Crippen molar-refractivity contribution in [2.45, 2.75) is 52.2 Å². The van der Waals surface area contributed by atoms with Gasteiger partial charge in [0.05, 0.1) is 29.7 Å². The van der Waals surface area contributed by atoms with E-state index in [1.165, 1.54) is 16.9 Å². The first-order chi connectivity index (χ1) is 13.8. The summed E-state index contributed by atoms with van der Waals surface area (Å²) >= 11 is 1.41. The van der Waals surface area contributed by atoms with E-state index in [-0.39, 0.29) is 18.1 Å². The maximum Gasteiger partial charge on any atom is 0.310 e. The molecule has 1 aromatic heterocycles. The number of fused-ring (bicyclic) bond motifs is 2. The van der Waals surface area contributed by atoms with Crippen molar-refractivity contribution in [3.05, 3.63) is 34.7 Å². The standard InChI is InChI=1S/C22H26N2O4S/c1-11(2)10-13-4-6-14(7-5-13)19-12(3)29-22(23-19)24-20(25)17-15-8-9-16(28-15)18(17)21(26)27/h4-7,11,15-18H,8-10H2,1-3H3,(H,26,27)(H,23,24,25)/t15-,16+,17+,18-/m0/s1. The van der Waals surface area contributed by atoms with Crippen LogP contribution >= 0.6 is 11.3 Å². The van der Waals surface area contributed by atoms with Crippen molar-refractivity contribution in [2.75, 3.05) is 5.32 Å². The van der Waals surface area contributed by atoms with Crippen LogP contribution in [0, 0.1) is 24.7 Å². The average Bonchev–Trinajstić information content (AvgIpc) is 3.36. The molecule has 7 heteroatoms. The quantitative estimate of drug-likeness (QED) is 0.742. The third-order valence-electron chi connectivity index (χ3n) is 5.76. The number of benzene rings is 1. The van der Waals surface area contributed by atoms with Crippen LogP contribution in [0.3, 0.4) is 0 Å². The van der Waals surface area contributed by atoms with Gasteiger partial charge in [0.1, 0.15) is 0 Å². The predicted molar refractivity (Wildman–Crippen MR) is 112 cm³/mol. The van der Waals surface area contributed by atoms with E-state index in [4.69, 9.17) is 4.74 Å². The normalized spacial score (nSPS) is 25.5. The molecule has 2 aliphatic heterocycles. The van der Waals surface area contributed by atoms with Crippen LogP contribution < -0.4 is 5.32 Å². The largest absolute Gasteiger partial charge is 0.481 e. The molecule has 0 unspecified atom stereocenters. The molecule has 3 heterocycles. The molecule has 0 spiro atoms. The second-order valence-electron chi connectivity index (χ2n) is 8.39. The summed E-state index contributed by atoms with van der Waals surface area (Å²) in [5.74, 6) is -2.10. The van der Waals surface area contributed by atoms with Crippen LogP contribution in [0.2, 0.25) is 0 Å². The second kappa shape index (κ2) is 7.88. The number of aromatic nitrogens is 1. The van der Waals surface area contributed by atoms with Gasteiger partial charge in [-0.05, 0) is 37.7 Å². The summed E-state index contributed by atoms with van der Waals surface area (Å²) in [5, 5.41) is 12.9. The Morgan fingerprint density at radius 2 is 1.86 bits per heavy atom. The summed E-state index contributed by atoms with van der Waals surface area (Å²) in [6, 6.07) is 8.37. The predicted octanol–water partition coefficient (Wildman–Crippen LogP) is 4.13. The number of rotatable bonds is 6. The minimum atomic E-state index is -0.963. The highest BCUT2D eigenvalue weighted by atomic mass is 32.1. The number of hydrogen-bond acceptors (Lipinski definition) is 5. The Hall–Kier alpha value is -2.25. The molecular formula is C22H26N2O4S. The van der Waals surface area contributed by atoms with Gasteiger partial charge in [-0.15, -0.1) is 11.3 Å².